The van der Waals surface area contributed by atoms with Crippen molar-refractivity contribution in [1.82, 2.24) is 4.90 Å². The first-order chi connectivity index (χ1) is 13.8. The van der Waals surface area contributed by atoms with Crippen molar-refractivity contribution in [2.75, 3.05) is 6.61 Å². The van der Waals surface area contributed by atoms with Gasteiger partial charge in [0, 0.05) is 15.6 Å². The molecule has 10 heteroatoms. The van der Waals surface area contributed by atoms with Gasteiger partial charge in [-0.05, 0) is 47.7 Å². The maximum Gasteiger partial charge on any atom is 0.293 e. The number of benzene rings is 2. The Balaban J connectivity index is 1.79. The van der Waals surface area contributed by atoms with Crippen LogP contribution in [0.4, 0.5) is 4.79 Å². The lowest BCUT2D eigenvalue weighted by atomic mass is 10.2. The SMILES string of the molecule is NC(=O)COc1ccc(/C=C2\SC(=O)N(Cc3c(Cl)cccc3Cl)C2=O)cc1Cl. The van der Waals surface area contributed by atoms with Gasteiger partial charge in [-0.25, -0.2) is 0 Å². The molecule has 0 spiro atoms. The highest BCUT2D eigenvalue weighted by Gasteiger charge is 2.35. The summed E-state index contributed by atoms with van der Waals surface area (Å²) < 4.78 is 5.18. The van der Waals surface area contributed by atoms with Crippen molar-refractivity contribution < 1.29 is 19.1 Å². The highest BCUT2D eigenvalue weighted by Crippen LogP contribution is 2.36. The minimum absolute atomic E-state index is 0.0266. The van der Waals surface area contributed by atoms with Crippen LogP contribution < -0.4 is 10.5 Å². The summed E-state index contributed by atoms with van der Waals surface area (Å²) in [5, 5.41) is 0.560. The molecular weight excluding hydrogens is 459 g/mol. The average molecular weight is 472 g/mol. The van der Waals surface area contributed by atoms with Crippen LogP contribution in [0.15, 0.2) is 41.3 Å². The van der Waals surface area contributed by atoms with E-state index in [1.165, 1.54) is 0 Å². The molecule has 1 heterocycles. The fourth-order valence-electron chi connectivity index (χ4n) is 2.50. The maximum absolute atomic E-state index is 12.7. The van der Waals surface area contributed by atoms with E-state index in [1.807, 2.05) is 0 Å². The predicted molar refractivity (Wildman–Crippen MR) is 114 cm³/mol. The number of carbonyl (C=O) groups excluding carboxylic acids is 3. The molecule has 1 aliphatic heterocycles. The van der Waals surface area contributed by atoms with E-state index >= 15 is 0 Å². The third-order valence-corrected chi connectivity index (χ3v) is 5.79. The van der Waals surface area contributed by atoms with E-state index in [-0.39, 0.29) is 28.8 Å². The number of carbonyl (C=O) groups is 3. The van der Waals surface area contributed by atoms with Gasteiger partial charge in [0.15, 0.2) is 6.61 Å². The Kier molecular flexibility index (Phi) is 6.74. The molecule has 29 heavy (non-hydrogen) atoms. The number of primary amides is 1. The second-order valence-electron chi connectivity index (χ2n) is 5.91. The van der Waals surface area contributed by atoms with E-state index in [2.05, 4.69) is 0 Å². The Morgan fingerprint density at radius 3 is 2.41 bits per heavy atom. The molecule has 3 amide bonds. The van der Waals surface area contributed by atoms with Crippen molar-refractivity contribution in [2.45, 2.75) is 6.54 Å². The molecule has 0 unspecified atom stereocenters. The van der Waals surface area contributed by atoms with Gasteiger partial charge in [0.05, 0.1) is 16.5 Å². The smallest absolute Gasteiger partial charge is 0.293 e. The zero-order valence-electron chi connectivity index (χ0n) is 14.7. The first kappa shape index (κ1) is 21.5. The number of imide groups is 1. The van der Waals surface area contributed by atoms with Crippen LogP contribution in [0.5, 0.6) is 5.75 Å². The summed E-state index contributed by atoms with van der Waals surface area (Å²) in [5.74, 6) is -0.803. The van der Waals surface area contributed by atoms with Gasteiger partial charge in [0.25, 0.3) is 17.1 Å². The summed E-state index contributed by atoms with van der Waals surface area (Å²) in [6, 6.07) is 9.70. The highest BCUT2D eigenvalue weighted by molar-refractivity contribution is 8.18. The van der Waals surface area contributed by atoms with Crippen molar-refractivity contribution in [1.29, 1.82) is 0 Å². The molecule has 1 saturated heterocycles. The van der Waals surface area contributed by atoms with Gasteiger partial charge in [-0.15, -0.1) is 0 Å². The van der Waals surface area contributed by atoms with Crippen molar-refractivity contribution in [3.05, 3.63) is 67.5 Å². The molecule has 1 aliphatic rings. The standard InChI is InChI=1S/C19H13Cl3N2O4S/c20-12-2-1-3-13(21)11(12)8-24-18(26)16(29-19(24)27)7-10-4-5-15(14(22)6-10)28-9-17(23)25/h1-7H,8-9H2,(H2,23,25)/b16-7-. The lowest BCUT2D eigenvalue weighted by molar-refractivity contribution is -0.123. The van der Waals surface area contributed by atoms with Crippen LogP contribution in [0, 0.1) is 0 Å². The third kappa shape index (κ3) is 5.05. The van der Waals surface area contributed by atoms with Gasteiger partial charge in [0.2, 0.25) is 0 Å². The van der Waals surface area contributed by atoms with Crippen molar-refractivity contribution in [2.24, 2.45) is 5.73 Å². The summed E-state index contributed by atoms with van der Waals surface area (Å²) in [4.78, 5) is 37.1. The van der Waals surface area contributed by atoms with Crippen molar-refractivity contribution in [3.63, 3.8) is 0 Å². The van der Waals surface area contributed by atoms with Crippen LogP contribution in [0.3, 0.4) is 0 Å². The maximum atomic E-state index is 12.7. The van der Waals surface area contributed by atoms with Crippen LogP contribution in [-0.4, -0.2) is 28.6 Å². The van der Waals surface area contributed by atoms with Crippen LogP contribution in [-0.2, 0) is 16.1 Å². The molecule has 1 fully saturated rings. The molecule has 2 aromatic rings. The Bertz CT molecular complexity index is 1020. The number of hydrogen-bond acceptors (Lipinski definition) is 5. The van der Waals surface area contributed by atoms with E-state index < -0.39 is 17.1 Å². The van der Waals surface area contributed by atoms with Gasteiger partial charge in [-0.2, -0.15) is 0 Å². The molecule has 2 N–H and O–H groups in total. The molecule has 6 nitrogen and oxygen atoms in total. The normalized spacial score (nSPS) is 15.3. The zero-order valence-corrected chi connectivity index (χ0v) is 17.7. The van der Waals surface area contributed by atoms with Gasteiger partial charge < -0.3 is 10.5 Å². The number of thioether (sulfide) groups is 1. The second-order valence-corrected chi connectivity index (χ2v) is 8.13. The largest absolute Gasteiger partial charge is 0.482 e. The Morgan fingerprint density at radius 2 is 1.79 bits per heavy atom. The lowest BCUT2D eigenvalue weighted by Gasteiger charge is -2.14. The monoisotopic (exact) mass is 470 g/mol. The highest BCUT2D eigenvalue weighted by atomic mass is 35.5. The first-order valence-corrected chi connectivity index (χ1v) is 10.1. The Hall–Kier alpha value is -2.19. The molecule has 150 valence electrons. The van der Waals surface area contributed by atoms with Crippen LogP contribution in [0.25, 0.3) is 6.08 Å². The van der Waals surface area contributed by atoms with E-state index in [1.54, 1.807) is 42.5 Å². The zero-order chi connectivity index (χ0) is 21.1. The number of hydrogen-bond donors (Lipinski definition) is 1. The van der Waals surface area contributed by atoms with Gasteiger partial charge >= 0.3 is 0 Å². The predicted octanol–water partition coefficient (Wildman–Crippen LogP) is 4.75. The van der Waals surface area contributed by atoms with E-state index in [9.17, 15) is 14.4 Å². The number of rotatable bonds is 6. The summed E-state index contributed by atoms with van der Waals surface area (Å²) in [6.45, 7) is -0.330. The molecule has 0 bridgehead atoms. The fourth-order valence-corrected chi connectivity index (χ4v) is 4.10. The van der Waals surface area contributed by atoms with Crippen molar-refractivity contribution >= 4 is 69.7 Å². The number of ether oxygens (including phenoxy) is 1. The first-order valence-electron chi connectivity index (χ1n) is 8.15. The summed E-state index contributed by atoms with van der Waals surface area (Å²) in [6.07, 6.45) is 1.54. The summed E-state index contributed by atoms with van der Waals surface area (Å²) in [5.41, 5.74) is 6.12. The number of halogens is 3. The third-order valence-electron chi connectivity index (χ3n) is 3.88. The molecule has 0 saturated carbocycles. The fraction of sp³-hybridized carbons (Fsp3) is 0.105. The van der Waals surface area contributed by atoms with Crippen LogP contribution >= 0.6 is 46.6 Å². The summed E-state index contributed by atoms with van der Waals surface area (Å²) in [7, 11) is 0. The molecular formula is C19H13Cl3N2O4S. The number of nitrogens with two attached hydrogens (primary N) is 1. The molecule has 0 radical (unpaired) electrons. The minimum atomic E-state index is -0.627. The molecule has 0 aromatic heterocycles. The Labute approximate surface area is 185 Å². The lowest BCUT2D eigenvalue weighted by Crippen LogP contribution is -2.27. The van der Waals surface area contributed by atoms with Crippen LogP contribution in [0.2, 0.25) is 15.1 Å². The van der Waals surface area contributed by atoms with Gasteiger partial charge in [0.1, 0.15) is 5.75 Å². The number of nitrogens with zero attached hydrogens (tertiary/aromatic N) is 1. The Morgan fingerprint density at radius 1 is 1.10 bits per heavy atom. The average Bonchev–Trinajstić information content (AvgIpc) is 2.91. The van der Waals surface area contributed by atoms with Gasteiger partial charge in [-0.3, -0.25) is 19.3 Å². The van der Waals surface area contributed by atoms with E-state index in [0.717, 1.165) is 16.7 Å². The molecule has 2 aromatic carbocycles. The topological polar surface area (TPSA) is 89.7 Å². The molecule has 3 rings (SSSR count). The summed E-state index contributed by atoms with van der Waals surface area (Å²) >= 11 is 19.2. The second kappa shape index (κ2) is 9.09. The van der Waals surface area contributed by atoms with E-state index in [4.69, 9.17) is 45.3 Å². The minimum Gasteiger partial charge on any atom is -0.482 e. The van der Waals surface area contributed by atoms with Gasteiger partial charge in [-0.1, -0.05) is 46.9 Å². The molecule has 0 atom stereocenters. The van der Waals surface area contributed by atoms with E-state index in [0.29, 0.717) is 21.2 Å². The quantitative estimate of drug-likeness (QED) is 0.614. The van der Waals surface area contributed by atoms with Crippen LogP contribution in [0.1, 0.15) is 11.1 Å². The van der Waals surface area contributed by atoms with Crippen molar-refractivity contribution in [3.8, 4) is 5.75 Å². The molecule has 0 aliphatic carbocycles. The number of amides is 3.